The van der Waals surface area contributed by atoms with Crippen molar-refractivity contribution in [3.8, 4) is 0 Å². The van der Waals surface area contributed by atoms with Crippen LogP contribution in [0.25, 0.3) is 11.0 Å². The second-order valence-corrected chi connectivity index (χ2v) is 9.86. The third-order valence-electron chi connectivity index (χ3n) is 4.93. The Balaban J connectivity index is 1.36. The molecule has 0 atom stereocenters. The van der Waals surface area contributed by atoms with E-state index < -0.39 is 10.0 Å². The van der Waals surface area contributed by atoms with Gasteiger partial charge in [-0.3, -0.25) is 9.59 Å². The number of sulfonamides is 1. The lowest BCUT2D eigenvalue weighted by Gasteiger charge is -2.33. The Kier molecular flexibility index (Phi) is 5.48. The zero-order valence-corrected chi connectivity index (χ0v) is 17.2. The maximum absolute atomic E-state index is 12.6. The van der Waals surface area contributed by atoms with Crippen molar-refractivity contribution >= 4 is 38.3 Å². The number of aryl methyl sites for hydroxylation is 1. The Hall–Kier alpha value is -2.56. The Labute approximate surface area is 171 Å². The first kappa shape index (κ1) is 19.7. The van der Waals surface area contributed by atoms with Crippen molar-refractivity contribution in [2.45, 2.75) is 17.1 Å². The number of thiophene rings is 1. The number of para-hydroxylation sites is 2. The summed E-state index contributed by atoms with van der Waals surface area (Å²) in [5, 5.41) is 1.73. The molecule has 3 heterocycles. The maximum Gasteiger partial charge on any atom is 0.270 e. The highest BCUT2D eigenvalue weighted by atomic mass is 32.2. The predicted molar refractivity (Wildman–Crippen MR) is 110 cm³/mol. The molecule has 0 aliphatic carbocycles. The van der Waals surface area contributed by atoms with Crippen LogP contribution in [0, 0.1) is 0 Å². The normalized spacial score (nSPS) is 15.7. The lowest BCUT2D eigenvalue weighted by Crippen LogP contribution is -2.50. The first-order valence-electron chi connectivity index (χ1n) is 9.24. The van der Waals surface area contributed by atoms with Gasteiger partial charge in [0.1, 0.15) is 9.90 Å². The number of piperazine rings is 1. The van der Waals surface area contributed by atoms with Crippen LogP contribution in [-0.4, -0.2) is 59.7 Å². The molecular weight excluding hydrogens is 412 g/mol. The number of nitrogens with one attached hydrogen (secondary N) is 1. The van der Waals surface area contributed by atoms with Gasteiger partial charge in [-0.1, -0.05) is 18.2 Å². The molecule has 2 aromatic heterocycles. The highest BCUT2D eigenvalue weighted by Gasteiger charge is 2.30. The van der Waals surface area contributed by atoms with Crippen LogP contribution in [0.5, 0.6) is 0 Å². The fraction of sp³-hybridized carbons (Fsp3) is 0.316. The molecule has 1 aromatic carbocycles. The summed E-state index contributed by atoms with van der Waals surface area (Å²) in [6, 6.07) is 10.5. The number of aromatic nitrogens is 2. The number of aromatic amines is 1. The molecular formula is C19H20N4O4S2. The summed E-state index contributed by atoms with van der Waals surface area (Å²) in [5.41, 5.74) is 1.39. The van der Waals surface area contributed by atoms with Crippen molar-refractivity contribution in [1.29, 1.82) is 0 Å². The van der Waals surface area contributed by atoms with Gasteiger partial charge in [-0.15, -0.1) is 11.3 Å². The molecule has 1 N–H and O–H groups in total. The average Bonchev–Trinajstić information content (AvgIpc) is 3.28. The molecule has 0 radical (unpaired) electrons. The van der Waals surface area contributed by atoms with Gasteiger partial charge in [-0.2, -0.15) is 4.31 Å². The van der Waals surface area contributed by atoms with Gasteiger partial charge < -0.3 is 9.88 Å². The van der Waals surface area contributed by atoms with Crippen molar-refractivity contribution in [2.75, 3.05) is 26.2 Å². The van der Waals surface area contributed by atoms with E-state index in [-0.39, 0.29) is 37.4 Å². The predicted octanol–water partition coefficient (Wildman–Crippen LogP) is 1.45. The van der Waals surface area contributed by atoms with Crippen LogP contribution < -0.4 is 5.56 Å². The summed E-state index contributed by atoms with van der Waals surface area (Å²) in [7, 11) is -3.49. The number of benzene rings is 1. The minimum atomic E-state index is -3.49. The van der Waals surface area contributed by atoms with Crippen molar-refractivity contribution in [3.63, 3.8) is 0 Å². The van der Waals surface area contributed by atoms with Crippen LogP contribution in [0.2, 0.25) is 0 Å². The monoisotopic (exact) mass is 432 g/mol. The average molecular weight is 433 g/mol. The molecule has 0 spiro atoms. The number of amides is 1. The summed E-state index contributed by atoms with van der Waals surface area (Å²) in [6.45, 7) is 1.21. The molecule has 3 aromatic rings. The van der Waals surface area contributed by atoms with E-state index in [0.29, 0.717) is 34.0 Å². The second kappa shape index (κ2) is 8.05. The molecule has 10 heteroatoms. The fourth-order valence-corrected chi connectivity index (χ4v) is 5.90. The van der Waals surface area contributed by atoms with E-state index in [1.54, 1.807) is 28.5 Å². The van der Waals surface area contributed by atoms with Crippen LogP contribution in [0.3, 0.4) is 0 Å². The van der Waals surface area contributed by atoms with E-state index in [1.807, 2.05) is 18.2 Å². The number of nitrogens with zero attached hydrogens (tertiary/aromatic N) is 3. The summed E-state index contributed by atoms with van der Waals surface area (Å²) in [4.78, 5) is 33.5. The zero-order chi connectivity index (χ0) is 20.4. The van der Waals surface area contributed by atoms with E-state index in [2.05, 4.69) is 9.97 Å². The van der Waals surface area contributed by atoms with E-state index >= 15 is 0 Å². The number of H-pyrrole nitrogens is 1. The Morgan fingerprint density at radius 1 is 1.10 bits per heavy atom. The van der Waals surface area contributed by atoms with Crippen LogP contribution in [0.15, 0.2) is 50.8 Å². The summed E-state index contributed by atoms with van der Waals surface area (Å²) < 4.78 is 26.9. The molecule has 8 nitrogen and oxygen atoms in total. The maximum atomic E-state index is 12.6. The first-order chi connectivity index (χ1) is 13.9. The Morgan fingerprint density at radius 2 is 1.86 bits per heavy atom. The van der Waals surface area contributed by atoms with Gasteiger partial charge in [0.05, 0.1) is 11.0 Å². The minimum absolute atomic E-state index is 0.104. The molecule has 1 aliphatic rings. The molecule has 0 unspecified atom stereocenters. The van der Waals surface area contributed by atoms with Crippen molar-refractivity contribution in [2.24, 2.45) is 0 Å². The van der Waals surface area contributed by atoms with Gasteiger partial charge in [0.15, 0.2) is 0 Å². The number of carbonyl (C=O) groups is 1. The molecule has 1 aliphatic heterocycles. The highest BCUT2D eigenvalue weighted by molar-refractivity contribution is 7.91. The third kappa shape index (κ3) is 4.09. The molecule has 29 heavy (non-hydrogen) atoms. The number of carbonyl (C=O) groups excluding carboxylic acids is 1. The summed E-state index contributed by atoms with van der Waals surface area (Å²) >= 11 is 1.19. The smallest absolute Gasteiger partial charge is 0.270 e. The van der Waals surface area contributed by atoms with E-state index in [1.165, 1.54) is 15.6 Å². The van der Waals surface area contributed by atoms with Crippen LogP contribution in [0.4, 0.5) is 0 Å². The summed E-state index contributed by atoms with van der Waals surface area (Å²) in [6.07, 6.45) is 0.402. The van der Waals surface area contributed by atoms with Gasteiger partial charge in [0.2, 0.25) is 5.91 Å². The molecule has 1 saturated heterocycles. The SMILES string of the molecule is O=C(CCc1nc2ccccc2[nH]c1=O)N1CCN(S(=O)(=O)c2cccs2)CC1. The van der Waals surface area contributed by atoms with Crippen molar-refractivity contribution in [1.82, 2.24) is 19.2 Å². The second-order valence-electron chi connectivity index (χ2n) is 6.75. The van der Waals surface area contributed by atoms with Gasteiger partial charge in [-0.05, 0) is 23.6 Å². The van der Waals surface area contributed by atoms with Crippen LogP contribution >= 0.6 is 11.3 Å². The Bertz CT molecular complexity index is 1180. The lowest BCUT2D eigenvalue weighted by atomic mass is 10.2. The van der Waals surface area contributed by atoms with Gasteiger partial charge >= 0.3 is 0 Å². The molecule has 152 valence electrons. The zero-order valence-electron chi connectivity index (χ0n) is 15.6. The van der Waals surface area contributed by atoms with Crippen molar-refractivity contribution < 1.29 is 13.2 Å². The van der Waals surface area contributed by atoms with E-state index in [9.17, 15) is 18.0 Å². The van der Waals surface area contributed by atoms with Crippen LogP contribution in [-0.2, 0) is 21.2 Å². The quantitative estimate of drug-likeness (QED) is 0.657. The molecule has 4 rings (SSSR count). The number of hydrogen-bond donors (Lipinski definition) is 1. The largest absolute Gasteiger partial charge is 0.340 e. The molecule has 0 bridgehead atoms. The number of rotatable bonds is 5. The Morgan fingerprint density at radius 3 is 2.59 bits per heavy atom. The van der Waals surface area contributed by atoms with Gasteiger partial charge in [-0.25, -0.2) is 13.4 Å². The molecule has 0 saturated carbocycles. The topological polar surface area (TPSA) is 103 Å². The standard InChI is InChI=1S/C19H20N4O4S2/c24-17(8-7-16-19(25)21-15-5-2-1-4-14(15)20-16)22-9-11-23(12-10-22)29(26,27)18-6-3-13-28-18/h1-6,13H,7-12H2,(H,21,25). The van der Waals surface area contributed by atoms with Gasteiger partial charge in [0.25, 0.3) is 15.6 Å². The molecule has 1 amide bonds. The van der Waals surface area contributed by atoms with Crippen molar-refractivity contribution in [3.05, 3.63) is 57.8 Å². The minimum Gasteiger partial charge on any atom is -0.340 e. The fourth-order valence-electron chi connectivity index (χ4n) is 3.34. The third-order valence-corrected chi connectivity index (χ3v) is 8.20. The lowest BCUT2D eigenvalue weighted by molar-refractivity contribution is -0.132. The van der Waals surface area contributed by atoms with E-state index in [0.717, 1.165) is 0 Å². The van der Waals surface area contributed by atoms with E-state index in [4.69, 9.17) is 0 Å². The number of hydrogen-bond acceptors (Lipinski definition) is 6. The van der Waals surface area contributed by atoms with Gasteiger partial charge in [0, 0.05) is 39.0 Å². The summed E-state index contributed by atoms with van der Waals surface area (Å²) in [5.74, 6) is -0.104. The van der Waals surface area contributed by atoms with Crippen LogP contribution in [0.1, 0.15) is 12.1 Å². The highest BCUT2D eigenvalue weighted by Crippen LogP contribution is 2.22. The first-order valence-corrected chi connectivity index (χ1v) is 11.6. The molecule has 1 fully saturated rings. The number of fused-ring (bicyclic) bond motifs is 1.